The van der Waals surface area contributed by atoms with Crippen LogP contribution in [0.1, 0.15) is 23.5 Å². The molecular weight excluding hydrogens is 378 g/mol. The highest BCUT2D eigenvalue weighted by molar-refractivity contribution is 5.86. The van der Waals surface area contributed by atoms with Crippen molar-refractivity contribution in [3.05, 3.63) is 53.9 Å². The average Bonchev–Trinajstić information content (AvgIpc) is 3.42. The highest BCUT2D eigenvalue weighted by Gasteiger charge is 2.36. The van der Waals surface area contributed by atoms with Crippen LogP contribution in [0.3, 0.4) is 0 Å². The van der Waals surface area contributed by atoms with Gasteiger partial charge in [-0.05, 0) is 49.2 Å². The molecule has 7 nitrogen and oxygen atoms in total. The lowest BCUT2D eigenvalue weighted by molar-refractivity contribution is -0.134. The van der Waals surface area contributed by atoms with Crippen LogP contribution in [0.25, 0.3) is 11.0 Å². The highest BCUT2D eigenvalue weighted by atomic mass is 16.5. The van der Waals surface area contributed by atoms with Crippen molar-refractivity contribution in [3.8, 4) is 11.5 Å². The van der Waals surface area contributed by atoms with E-state index in [1.54, 1.807) is 6.20 Å². The molecule has 30 heavy (non-hydrogen) atoms. The summed E-state index contributed by atoms with van der Waals surface area (Å²) in [6, 6.07) is 9.92. The van der Waals surface area contributed by atoms with E-state index in [9.17, 15) is 4.79 Å². The van der Waals surface area contributed by atoms with Gasteiger partial charge in [0.1, 0.15) is 17.1 Å². The lowest BCUT2D eigenvalue weighted by Crippen LogP contribution is -2.52. The van der Waals surface area contributed by atoms with E-state index < -0.39 is 0 Å². The molecular formula is C23H27N5O2. The minimum Gasteiger partial charge on any atom is -0.457 e. The first-order valence-electron chi connectivity index (χ1n) is 10.6. The molecule has 0 radical (unpaired) electrons. The molecule has 1 unspecified atom stereocenters. The minimum absolute atomic E-state index is 0.141. The van der Waals surface area contributed by atoms with Crippen LogP contribution in [0, 0.1) is 6.92 Å². The fraction of sp³-hybridized carbons (Fsp3) is 0.391. The number of ether oxygens (including phenoxy) is 1. The molecule has 0 bridgehead atoms. The topological polar surface area (TPSA) is 82.3 Å². The number of hydrogen-bond donors (Lipinski definition) is 3. The number of aromatic amines is 1. The molecule has 0 saturated carbocycles. The molecule has 5 rings (SSSR count). The van der Waals surface area contributed by atoms with Crippen molar-refractivity contribution in [3.63, 3.8) is 0 Å². The van der Waals surface area contributed by atoms with Crippen molar-refractivity contribution >= 4 is 16.9 Å². The molecule has 3 N–H and O–H groups in total. The Bertz CT molecular complexity index is 1040. The van der Waals surface area contributed by atoms with E-state index in [-0.39, 0.29) is 17.9 Å². The normalized spacial score (nSPS) is 21.8. The molecule has 2 atom stereocenters. The molecule has 2 fully saturated rings. The van der Waals surface area contributed by atoms with Gasteiger partial charge in [0.25, 0.3) is 0 Å². The summed E-state index contributed by atoms with van der Waals surface area (Å²) < 4.78 is 6.16. The van der Waals surface area contributed by atoms with Gasteiger partial charge in [0.05, 0.1) is 11.4 Å². The van der Waals surface area contributed by atoms with Gasteiger partial charge in [0.15, 0.2) is 0 Å². The first-order chi connectivity index (χ1) is 14.7. The molecule has 0 spiro atoms. The molecule has 2 aliphatic rings. The zero-order chi connectivity index (χ0) is 20.5. The molecule has 0 aliphatic carbocycles. The maximum absolute atomic E-state index is 13.0. The smallest absolute Gasteiger partial charge is 0.240 e. The van der Waals surface area contributed by atoms with Crippen LogP contribution in [-0.4, -0.2) is 59.5 Å². The molecule has 2 saturated heterocycles. The number of nitrogens with zero attached hydrogens (tertiary/aromatic N) is 2. The third-order valence-electron chi connectivity index (χ3n) is 6.19. The molecule has 2 aliphatic heterocycles. The van der Waals surface area contributed by atoms with E-state index in [0.717, 1.165) is 67.2 Å². The lowest BCUT2D eigenvalue weighted by atomic mass is 9.91. The van der Waals surface area contributed by atoms with Gasteiger partial charge in [0, 0.05) is 44.5 Å². The molecule has 1 aromatic carbocycles. The number of piperazine rings is 1. The maximum Gasteiger partial charge on any atom is 0.240 e. The van der Waals surface area contributed by atoms with Crippen LogP contribution in [-0.2, 0) is 4.79 Å². The van der Waals surface area contributed by atoms with E-state index in [4.69, 9.17) is 4.74 Å². The van der Waals surface area contributed by atoms with Crippen molar-refractivity contribution in [1.82, 2.24) is 25.5 Å². The maximum atomic E-state index is 13.0. The van der Waals surface area contributed by atoms with Crippen LogP contribution in [0.4, 0.5) is 0 Å². The van der Waals surface area contributed by atoms with Crippen molar-refractivity contribution in [2.24, 2.45) is 0 Å². The number of rotatable bonds is 4. The highest BCUT2D eigenvalue weighted by Crippen LogP contribution is 2.33. The number of carbonyl (C=O) groups is 1. The van der Waals surface area contributed by atoms with Crippen LogP contribution in [0.5, 0.6) is 11.5 Å². The number of benzene rings is 1. The van der Waals surface area contributed by atoms with Crippen LogP contribution in [0.2, 0.25) is 0 Å². The summed E-state index contributed by atoms with van der Waals surface area (Å²) >= 11 is 0. The van der Waals surface area contributed by atoms with Gasteiger partial charge in [0.2, 0.25) is 5.91 Å². The summed E-state index contributed by atoms with van der Waals surface area (Å²) in [5.41, 5.74) is 3.11. The Morgan fingerprint density at radius 2 is 1.93 bits per heavy atom. The first kappa shape index (κ1) is 19.1. The second-order valence-electron chi connectivity index (χ2n) is 8.08. The molecule has 4 heterocycles. The van der Waals surface area contributed by atoms with Crippen LogP contribution in [0.15, 0.2) is 42.7 Å². The van der Waals surface area contributed by atoms with Gasteiger partial charge in [-0.3, -0.25) is 4.79 Å². The second-order valence-corrected chi connectivity index (χ2v) is 8.08. The van der Waals surface area contributed by atoms with E-state index in [0.29, 0.717) is 0 Å². The number of aryl methyl sites for hydroxylation is 1. The number of pyridine rings is 1. The molecule has 3 aromatic rings. The quantitative estimate of drug-likeness (QED) is 0.621. The Balaban J connectivity index is 1.33. The van der Waals surface area contributed by atoms with Crippen molar-refractivity contribution in [2.75, 3.05) is 32.7 Å². The van der Waals surface area contributed by atoms with Crippen molar-refractivity contribution in [2.45, 2.75) is 25.3 Å². The summed E-state index contributed by atoms with van der Waals surface area (Å²) in [4.78, 5) is 22.5. The molecule has 2 aromatic heterocycles. The third kappa shape index (κ3) is 3.55. The summed E-state index contributed by atoms with van der Waals surface area (Å²) in [6.07, 6.45) is 4.66. The Hall–Kier alpha value is -2.90. The van der Waals surface area contributed by atoms with E-state index >= 15 is 0 Å². The Labute approximate surface area is 175 Å². The Morgan fingerprint density at radius 1 is 1.13 bits per heavy atom. The van der Waals surface area contributed by atoms with Gasteiger partial charge >= 0.3 is 0 Å². The minimum atomic E-state index is -0.141. The Kier molecular flexibility index (Phi) is 5.14. The number of aromatic nitrogens is 2. The van der Waals surface area contributed by atoms with Crippen LogP contribution < -0.4 is 15.4 Å². The predicted molar refractivity (Wildman–Crippen MR) is 116 cm³/mol. The zero-order valence-corrected chi connectivity index (χ0v) is 17.1. The largest absolute Gasteiger partial charge is 0.457 e. The van der Waals surface area contributed by atoms with E-state index in [2.05, 4.69) is 32.7 Å². The SMILES string of the molecule is Cc1c[nH]c2nccc(Oc3ccc(C4CCN[C@@H]4C(=O)N4CCNCC4)cc3)c12. The van der Waals surface area contributed by atoms with E-state index in [1.165, 1.54) is 5.56 Å². The second kappa shape index (κ2) is 8.08. The summed E-state index contributed by atoms with van der Waals surface area (Å²) in [6.45, 7) is 6.23. The molecule has 156 valence electrons. The Morgan fingerprint density at radius 3 is 2.73 bits per heavy atom. The summed E-state index contributed by atoms with van der Waals surface area (Å²) in [5, 5.41) is 7.74. The van der Waals surface area contributed by atoms with E-state index in [1.807, 2.05) is 36.2 Å². The van der Waals surface area contributed by atoms with Gasteiger partial charge < -0.3 is 25.3 Å². The van der Waals surface area contributed by atoms with Gasteiger partial charge in [-0.25, -0.2) is 4.98 Å². The van der Waals surface area contributed by atoms with Crippen molar-refractivity contribution < 1.29 is 9.53 Å². The average molecular weight is 406 g/mol. The number of fused-ring (bicyclic) bond motifs is 1. The first-order valence-corrected chi connectivity index (χ1v) is 10.6. The number of hydrogen-bond acceptors (Lipinski definition) is 5. The zero-order valence-electron chi connectivity index (χ0n) is 17.1. The molecule has 7 heteroatoms. The van der Waals surface area contributed by atoms with Crippen LogP contribution >= 0.6 is 0 Å². The number of carbonyl (C=O) groups excluding carboxylic acids is 1. The third-order valence-corrected chi connectivity index (χ3v) is 6.19. The van der Waals surface area contributed by atoms with Gasteiger partial charge in [-0.15, -0.1) is 0 Å². The number of nitrogens with one attached hydrogen (secondary N) is 3. The van der Waals surface area contributed by atoms with Crippen molar-refractivity contribution in [1.29, 1.82) is 0 Å². The molecule has 1 amide bonds. The summed E-state index contributed by atoms with van der Waals surface area (Å²) in [7, 11) is 0. The lowest BCUT2D eigenvalue weighted by Gasteiger charge is -2.31. The van der Waals surface area contributed by atoms with Gasteiger partial charge in [-0.1, -0.05) is 12.1 Å². The monoisotopic (exact) mass is 405 g/mol. The number of amides is 1. The predicted octanol–water partition coefficient (Wildman–Crippen LogP) is 2.54. The number of H-pyrrole nitrogens is 1. The van der Waals surface area contributed by atoms with Gasteiger partial charge in [-0.2, -0.15) is 0 Å². The fourth-order valence-corrected chi connectivity index (χ4v) is 4.58. The standard InChI is InChI=1S/C23H27N5O2/c1-15-14-27-22-20(15)19(7-9-26-22)30-17-4-2-16(3-5-17)18-6-8-25-21(18)23(29)28-12-10-24-11-13-28/h2-5,7,9,14,18,21,24-25H,6,8,10-13H2,1H3,(H,26,27)/t18?,21-/m0/s1. The fourth-order valence-electron chi connectivity index (χ4n) is 4.58. The summed E-state index contributed by atoms with van der Waals surface area (Å²) in [5.74, 6) is 1.99.